The van der Waals surface area contributed by atoms with Crippen LogP contribution in [-0.2, 0) is 6.42 Å². The van der Waals surface area contributed by atoms with Crippen LogP contribution >= 0.6 is 0 Å². The van der Waals surface area contributed by atoms with Gasteiger partial charge in [0, 0.05) is 17.4 Å². The van der Waals surface area contributed by atoms with Crippen LogP contribution in [-0.4, -0.2) is 24.3 Å². The number of fused-ring (bicyclic) bond motifs is 4. The highest BCUT2D eigenvalue weighted by Gasteiger charge is 2.23. The average molecular weight is 293 g/mol. The van der Waals surface area contributed by atoms with Crippen molar-refractivity contribution in [3.8, 4) is 28.5 Å². The van der Waals surface area contributed by atoms with Crippen LogP contribution in [0.5, 0.6) is 17.2 Å². The molecular formula is C18H15NO3. The van der Waals surface area contributed by atoms with E-state index in [0.717, 1.165) is 39.9 Å². The van der Waals surface area contributed by atoms with Crippen molar-refractivity contribution in [1.29, 1.82) is 0 Å². The summed E-state index contributed by atoms with van der Waals surface area (Å²) in [6.07, 6.45) is 0.809. The van der Waals surface area contributed by atoms with Crippen molar-refractivity contribution in [2.45, 2.75) is 6.42 Å². The molecule has 4 heteroatoms. The van der Waals surface area contributed by atoms with E-state index in [0.29, 0.717) is 5.75 Å². The van der Waals surface area contributed by atoms with Crippen LogP contribution < -0.4 is 9.47 Å². The summed E-state index contributed by atoms with van der Waals surface area (Å²) < 4.78 is 10.8. The maximum absolute atomic E-state index is 9.63. The molecule has 0 bridgehead atoms. The van der Waals surface area contributed by atoms with Gasteiger partial charge in [0.05, 0.1) is 25.4 Å². The molecule has 2 aromatic carbocycles. The molecule has 110 valence electrons. The standard InChI is InChI=1S/C18H15NO3/c1-21-16-8-10-5-12-6-11-7-13(20)3-4-15(11)19-18(12)14(10)9-17(16)22-2/h3-4,6-9,20H,5H2,1-2H3. The molecule has 0 radical (unpaired) electrons. The number of aromatic nitrogens is 1. The number of hydrogen-bond acceptors (Lipinski definition) is 4. The molecule has 3 aromatic rings. The molecule has 1 aromatic heterocycles. The lowest BCUT2D eigenvalue weighted by molar-refractivity contribution is 0.355. The van der Waals surface area contributed by atoms with E-state index in [2.05, 4.69) is 6.07 Å². The van der Waals surface area contributed by atoms with Crippen molar-refractivity contribution in [2.75, 3.05) is 14.2 Å². The van der Waals surface area contributed by atoms with Crippen molar-refractivity contribution >= 4 is 10.9 Å². The van der Waals surface area contributed by atoms with Gasteiger partial charge in [-0.25, -0.2) is 4.98 Å². The van der Waals surface area contributed by atoms with Crippen LogP contribution in [0, 0.1) is 0 Å². The Bertz CT molecular complexity index is 902. The predicted molar refractivity (Wildman–Crippen MR) is 84.8 cm³/mol. The van der Waals surface area contributed by atoms with Crippen LogP contribution in [0.1, 0.15) is 11.1 Å². The number of rotatable bonds is 2. The minimum Gasteiger partial charge on any atom is -0.508 e. The van der Waals surface area contributed by atoms with Crippen LogP contribution in [0.4, 0.5) is 0 Å². The van der Waals surface area contributed by atoms with E-state index in [9.17, 15) is 5.11 Å². The smallest absolute Gasteiger partial charge is 0.161 e. The van der Waals surface area contributed by atoms with Crippen molar-refractivity contribution in [2.24, 2.45) is 0 Å². The lowest BCUT2D eigenvalue weighted by Gasteiger charge is -2.10. The Hall–Kier alpha value is -2.75. The molecule has 0 amide bonds. The summed E-state index contributed by atoms with van der Waals surface area (Å²) in [7, 11) is 3.28. The normalized spacial score (nSPS) is 12.1. The fraction of sp³-hybridized carbons (Fsp3) is 0.167. The number of pyridine rings is 1. The molecule has 0 saturated heterocycles. The third kappa shape index (κ3) is 1.80. The highest BCUT2D eigenvalue weighted by Crippen LogP contribution is 2.42. The molecule has 0 unspecified atom stereocenters. The van der Waals surface area contributed by atoms with Gasteiger partial charge < -0.3 is 14.6 Å². The van der Waals surface area contributed by atoms with E-state index < -0.39 is 0 Å². The molecule has 22 heavy (non-hydrogen) atoms. The van der Waals surface area contributed by atoms with Crippen LogP contribution in [0.3, 0.4) is 0 Å². The Labute approximate surface area is 128 Å². The minimum atomic E-state index is 0.257. The third-order valence-corrected chi connectivity index (χ3v) is 4.12. The van der Waals surface area contributed by atoms with Crippen molar-refractivity contribution in [1.82, 2.24) is 4.98 Å². The largest absolute Gasteiger partial charge is 0.508 e. The SMILES string of the molecule is COc1cc2c(cc1OC)-c1nc3ccc(O)cc3cc1C2. The quantitative estimate of drug-likeness (QED) is 0.614. The van der Waals surface area contributed by atoms with Gasteiger partial charge in [0.2, 0.25) is 0 Å². The molecule has 0 spiro atoms. The number of ether oxygens (including phenoxy) is 2. The fourth-order valence-corrected chi connectivity index (χ4v) is 3.07. The van der Waals surface area contributed by atoms with Crippen molar-refractivity contribution < 1.29 is 14.6 Å². The molecule has 1 aliphatic rings. The van der Waals surface area contributed by atoms with Gasteiger partial charge in [0.1, 0.15) is 5.75 Å². The Balaban J connectivity index is 1.95. The van der Waals surface area contributed by atoms with E-state index >= 15 is 0 Å². The number of hydrogen-bond donors (Lipinski definition) is 1. The molecule has 0 aliphatic heterocycles. The van der Waals surface area contributed by atoms with Crippen molar-refractivity contribution in [3.05, 3.63) is 47.5 Å². The fourth-order valence-electron chi connectivity index (χ4n) is 3.07. The summed E-state index contributed by atoms with van der Waals surface area (Å²) in [5, 5.41) is 10.6. The topological polar surface area (TPSA) is 51.6 Å². The van der Waals surface area contributed by atoms with Crippen molar-refractivity contribution in [3.63, 3.8) is 0 Å². The van der Waals surface area contributed by atoms with Gasteiger partial charge in [-0.15, -0.1) is 0 Å². The summed E-state index contributed by atoms with van der Waals surface area (Å²) in [6.45, 7) is 0. The second kappa shape index (κ2) is 4.63. The monoisotopic (exact) mass is 293 g/mol. The summed E-state index contributed by atoms with van der Waals surface area (Å²) >= 11 is 0. The first-order valence-corrected chi connectivity index (χ1v) is 7.07. The number of nitrogens with zero attached hydrogens (tertiary/aromatic N) is 1. The Morgan fingerprint density at radius 2 is 1.73 bits per heavy atom. The van der Waals surface area contributed by atoms with Crippen LogP contribution in [0.2, 0.25) is 0 Å². The predicted octanol–water partition coefficient (Wildman–Crippen LogP) is 3.53. The number of aromatic hydroxyl groups is 1. The van der Waals surface area contributed by atoms with E-state index in [1.54, 1.807) is 26.4 Å². The zero-order chi connectivity index (χ0) is 15.3. The molecule has 4 rings (SSSR count). The number of phenols is 1. The number of benzene rings is 2. The molecule has 4 nitrogen and oxygen atoms in total. The third-order valence-electron chi connectivity index (χ3n) is 4.12. The maximum atomic E-state index is 9.63. The Kier molecular flexibility index (Phi) is 2.73. The maximum Gasteiger partial charge on any atom is 0.161 e. The lowest BCUT2D eigenvalue weighted by atomic mass is 10.1. The lowest BCUT2D eigenvalue weighted by Crippen LogP contribution is -1.92. The molecule has 0 saturated carbocycles. The molecule has 1 N–H and O–H groups in total. The molecule has 0 atom stereocenters. The molecule has 0 fully saturated rings. The van der Waals surface area contributed by atoms with Gasteiger partial charge >= 0.3 is 0 Å². The minimum absolute atomic E-state index is 0.257. The summed E-state index contributed by atoms with van der Waals surface area (Å²) in [4.78, 5) is 4.76. The van der Waals surface area contributed by atoms with Gasteiger partial charge in [-0.3, -0.25) is 0 Å². The first-order chi connectivity index (χ1) is 10.7. The van der Waals surface area contributed by atoms with E-state index in [-0.39, 0.29) is 5.75 Å². The second-order valence-electron chi connectivity index (χ2n) is 5.41. The van der Waals surface area contributed by atoms with E-state index in [1.165, 1.54) is 5.56 Å². The number of methoxy groups -OCH3 is 2. The summed E-state index contributed by atoms with van der Waals surface area (Å²) in [6, 6.07) is 11.3. The first kappa shape index (κ1) is 13.0. The Morgan fingerprint density at radius 3 is 2.50 bits per heavy atom. The van der Waals surface area contributed by atoms with Gasteiger partial charge in [0.25, 0.3) is 0 Å². The Morgan fingerprint density at radius 1 is 0.955 bits per heavy atom. The van der Waals surface area contributed by atoms with Gasteiger partial charge in [-0.2, -0.15) is 0 Å². The zero-order valence-corrected chi connectivity index (χ0v) is 12.4. The molecular weight excluding hydrogens is 278 g/mol. The summed E-state index contributed by atoms with van der Waals surface area (Å²) in [5.74, 6) is 1.70. The van der Waals surface area contributed by atoms with Crippen LogP contribution in [0.15, 0.2) is 36.4 Å². The first-order valence-electron chi connectivity index (χ1n) is 7.07. The average Bonchev–Trinajstić information content (AvgIpc) is 2.87. The highest BCUT2D eigenvalue weighted by molar-refractivity contribution is 5.87. The van der Waals surface area contributed by atoms with Gasteiger partial charge in [-0.1, -0.05) is 0 Å². The van der Waals surface area contributed by atoms with E-state index in [4.69, 9.17) is 14.5 Å². The van der Waals surface area contributed by atoms with Crippen LogP contribution in [0.25, 0.3) is 22.2 Å². The zero-order valence-electron chi connectivity index (χ0n) is 12.4. The van der Waals surface area contributed by atoms with Gasteiger partial charge in [0.15, 0.2) is 11.5 Å². The van der Waals surface area contributed by atoms with E-state index in [1.807, 2.05) is 18.2 Å². The van der Waals surface area contributed by atoms with Gasteiger partial charge in [-0.05, 0) is 47.5 Å². The number of phenolic OH excluding ortho intramolecular Hbond substituents is 1. The molecule has 1 heterocycles. The highest BCUT2D eigenvalue weighted by atomic mass is 16.5. The second-order valence-corrected chi connectivity index (χ2v) is 5.41. The summed E-state index contributed by atoms with van der Waals surface area (Å²) in [5.41, 5.74) is 5.28. The molecule has 1 aliphatic carbocycles.